The highest BCUT2D eigenvalue weighted by Gasteiger charge is 2.05. The Balaban J connectivity index is 2.91. The number of hydrogen-bond donors (Lipinski definition) is 0. The second-order valence-corrected chi connectivity index (χ2v) is 3.86. The summed E-state index contributed by atoms with van der Waals surface area (Å²) >= 11 is 9.01. The summed E-state index contributed by atoms with van der Waals surface area (Å²) in [6, 6.07) is 7.45. The van der Waals surface area contributed by atoms with E-state index < -0.39 is 5.97 Å². The molecule has 1 aromatic carbocycles. The van der Waals surface area contributed by atoms with Gasteiger partial charge in [0.25, 0.3) is 0 Å². The fourth-order valence-electron chi connectivity index (χ4n) is 0.899. The van der Waals surface area contributed by atoms with Crippen LogP contribution in [0.15, 0.2) is 33.8 Å². The molecule has 0 radical (unpaired) electrons. The van der Waals surface area contributed by atoms with Crippen LogP contribution in [0.4, 0.5) is 0 Å². The van der Waals surface area contributed by atoms with Gasteiger partial charge in [-0.3, -0.25) is 0 Å². The first-order valence-corrected chi connectivity index (χ1v) is 5.01. The van der Waals surface area contributed by atoms with Gasteiger partial charge in [0.05, 0.1) is 7.11 Å². The molecule has 1 rings (SSSR count). The van der Waals surface area contributed by atoms with Gasteiger partial charge in [0.15, 0.2) is 0 Å². The highest BCUT2D eigenvalue weighted by Crippen LogP contribution is 2.16. The zero-order chi connectivity index (χ0) is 10.6. The Labute approximate surface area is 95.6 Å². The summed E-state index contributed by atoms with van der Waals surface area (Å²) in [6.07, 6.45) is 1.55. The zero-order valence-electron chi connectivity index (χ0n) is 7.46. The third kappa shape index (κ3) is 3.16. The first-order valence-electron chi connectivity index (χ1n) is 3.84. The van der Waals surface area contributed by atoms with Gasteiger partial charge in [-0.25, -0.2) is 4.79 Å². The predicted molar refractivity (Wildman–Crippen MR) is 60.0 cm³/mol. The molecule has 0 saturated carbocycles. The van der Waals surface area contributed by atoms with E-state index in [2.05, 4.69) is 20.7 Å². The van der Waals surface area contributed by atoms with E-state index in [0.717, 1.165) is 10.0 Å². The number of carbonyl (C=O) groups is 1. The van der Waals surface area contributed by atoms with Crippen molar-refractivity contribution in [1.29, 1.82) is 0 Å². The first-order chi connectivity index (χ1) is 6.63. The summed E-state index contributed by atoms with van der Waals surface area (Å²) in [6.45, 7) is 0. The molecule has 0 unspecified atom stereocenters. The maximum atomic E-state index is 11.0. The second-order valence-electron chi connectivity index (χ2n) is 2.54. The van der Waals surface area contributed by atoms with Crippen LogP contribution in [-0.4, -0.2) is 13.1 Å². The van der Waals surface area contributed by atoms with Crippen LogP contribution in [0, 0.1) is 0 Å². The lowest BCUT2D eigenvalue weighted by Gasteiger charge is -1.97. The van der Waals surface area contributed by atoms with E-state index in [4.69, 9.17) is 11.6 Å². The molecule has 0 aliphatic rings. The monoisotopic (exact) mass is 274 g/mol. The number of esters is 1. The Morgan fingerprint density at radius 2 is 2.29 bits per heavy atom. The maximum Gasteiger partial charge on any atom is 0.349 e. The van der Waals surface area contributed by atoms with Gasteiger partial charge < -0.3 is 4.74 Å². The van der Waals surface area contributed by atoms with Crippen molar-refractivity contribution in [1.82, 2.24) is 0 Å². The SMILES string of the molecule is COC(=O)/C(Cl)=C/c1cccc(Br)c1. The highest BCUT2D eigenvalue weighted by molar-refractivity contribution is 9.10. The molecule has 74 valence electrons. The van der Waals surface area contributed by atoms with Gasteiger partial charge in [-0.15, -0.1) is 0 Å². The molecule has 0 heterocycles. The molecule has 0 saturated heterocycles. The number of rotatable bonds is 2. The van der Waals surface area contributed by atoms with Crippen LogP contribution < -0.4 is 0 Å². The van der Waals surface area contributed by atoms with Crippen LogP contribution >= 0.6 is 27.5 Å². The summed E-state index contributed by atoms with van der Waals surface area (Å²) in [5.74, 6) is -0.536. The number of hydrogen-bond acceptors (Lipinski definition) is 2. The van der Waals surface area contributed by atoms with Crippen molar-refractivity contribution in [3.63, 3.8) is 0 Å². The Bertz CT molecular complexity index is 374. The molecule has 0 spiro atoms. The molecule has 0 aliphatic heterocycles. The smallest absolute Gasteiger partial charge is 0.349 e. The third-order valence-electron chi connectivity index (χ3n) is 1.52. The summed E-state index contributed by atoms with van der Waals surface area (Å²) in [7, 11) is 1.29. The first kappa shape index (κ1) is 11.3. The summed E-state index contributed by atoms with van der Waals surface area (Å²) in [5, 5.41) is 0.0607. The van der Waals surface area contributed by atoms with Crippen molar-refractivity contribution in [3.05, 3.63) is 39.3 Å². The van der Waals surface area contributed by atoms with Gasteiger partial charge >= 0.3 is 5.97 Å². The van der Waals surface area contributed by atoms with E-state index >= 15 is 0 Å². The van der Waals surface area contributed by atoms with Gasteiger partial charge in [-0.2, -0.15) is 0 Å². The van der Waals surface area contributed by atoms with E-state index in [0.29, 0.717) is 0 Å². The number of methoxy groups -OCH3 is 1. The largest absolute Gasteiger partial charge is 0.465 e. The third-order valence-corrected chi connectivity index (χ3v) is 2.28. The molecule has 14 heavy (non-hydrogen) atoms. The number of ether oxygens (including phenoxy) is 1. The topological polar surface area (TPSA) is 26.3 Å². The average molecular weight is 276 g/mol. The minimum atomic E-state index is -0.536. The molecule has 0 aromatic heterocycles. The molecular formula is C10H8BrClO2. The lowest BCUT2D eigenvalue weighted by atomic mass is 10.2. The van der Waals surface area contributed by atoms with Crippen molar-refractivity contribution in [3.8, 4) is 0 Å². The van der Waals surface area contributed by atoms with E-state index in [1.54, 1.807) is 6.08 Å². The minimum Gasteiger partial charge on any atom is -0.465 e. The normalized spacial score (nSPS) is 11.2. The van der Waals surface area contributed by atoms with E-state index in [9.17, 15) is 4.79 Å². The van der Waals surface area contributed by atoms with Crippen molar-refractivity contribution in [2.24, 2.45) is 0 Å². The van der Waals surface area contributed by atoms with Gasteiger partial charge in [-0.1, -0.05) is 39.7 Å². The fourth-order valence-corrected chi connectivity index (χ4v) is 1.52. The molecule has 1 aromatic rings. The van der Waals surface area contributed by atoms with Crippen molar-refractivity contribution in [2.45, 2.75) is 0 Å². The fraction of sp³-hybridized carbons (Fsp3) is 0.100. The highest BCUT2D eigenvalue weighted by atomic mass is 79.9. The molecule has 0 N–H and O–H groups in total. The standard InChI is InChI=1S/C10H8BrClO2/c1-14-10(13)9(12)6-7-3-2-4-8(11)5-7/h2-6H,1H3/b9-6-. The number of carbonyl (C=O) groups excluding carboxylic acids is 1. The van der Waals surface area contributed by atoms with Gasteiger partial charge in [0, 0.05) is 4.47 Å². The number of benzene rings is 1. The number of halogens is 2. The van der Waals surface area contributed by atoms with Crippen LogP contribution in [0.2, 0.25) is 0 Å². The van der Waals surface area contributed by atoms with Crippen LogP contribution in [-0.2, 0) is 9.53 Å². The van der Waals surface area contributed by atoms with Gasteiger partial charge in [0.1, 0.15) is 5.03 Å². The van der Waals surface area contributed by atoms with Crippen molar-refractivity contribution < 1.29 is 9.53 Å². The second kappa shape index (κ2) is 5.17. The van der Waals surface area contributed by atoms with Gasteiger partial charge in [-0.05, 0) is 23.8 Å². The predicted octanol–water partition coefficient (Wildman–Crippen LogP) is 3.20. The molecular weight excluding hydrogens is 267 g/mol. The molecule has 0 atom stereocenters. The van der Waals surface area contributed by atoms with Crippen LogP contribution in [0.3, 0.4) is 0 Å². The molecule has 4 heteroatoms. The Kier molecular flexibility index (Phi) is 4.17. The molecule has 0 aliphatic carbocycles. The van der Waals surface area contributed by atoms with Crippen LogP contribution in [0.25, 0.3) is 6.08 Å². The lowest BCUT2D eigenvalue weighted by molar-refractivity contribution is -0.135. The Morgan fingerprint density at radius 1 is 1.57 bits per heavy atom. The van der Waals surface area contributed by atoms with Gasteiger partial charge in [0.2, 0.25) is 0 Å². The Morgan fingerprint density at radius 3 is 2.86 bits per heavy atom. The Hall–Kier alpha value is -0.800. The van der Waals surface area contributed by atoms with Crippen LogP contribution in [0.1, 0.15) is 5.56 Å². The summed E-state index contributed by atoms with van der Waals surface area (Å²) in [4.78, 5) is 11.0. The molecule has 2 nitrogen and oxygen atoms in total. The van der Waals surface area contributed by atoms with E-state index in [1.807, 2.05) is 24.3 Å². The maximum absolute atomic E-state index is 11.0. The average Bonchev–Trinajstić information content (AvgIpc) is 2.16. The van der Waals surface area contributed by atoms with E-state index in [-0.39, 0.29) is 5.03 Å². The van der Waals surface area contributed by atoms with E-state index in [1.165, 1.54) is 7.11 Å². The minimum absolute atomic E-state index is 0.0607. The molecule has 0 amide bonds. The van der Waals surface area contributed by atoms with Crippen LogP contribution in [0.5, 0.6) is 0 Å². The quantitative estimate of drug-likeness (QED) is 0.612. The molecule has 0 bridgehead atoms. The zero-order valence-corrected chi connectivity index (χ0v) is 9.80. The van der Waals surface area contributed by atoms with Crippen molar-refractivity contribution in [2.75, 3.05) is 7.11 Å². The lowest BCUT2D eigenvalue weighted by Crippen LogP contribution is -1.99. The summed E-state index contributed by atoms with van der Waals surface area (Å²) in [5.41, 5.74) is 0.842. The summed E-state index contributed by atoms with van der Waals surface area (Å²) < 4.78 is 5.39. The molecule has 0 fully saturated rings. The van der Waals surface area contributed by atoms with Crippen molar-refractivity contribution >= 4 is 39.6 Å².